The van der Waals surface area contributed by atoms with Crippen molar-refractivity contribution in [3.63, 3.8) is 0 Å². The van der Waals surface area contributed by atoms with Crippen molar-refractivity contribution >= 4 is 28.6 Å². The van der Waals surface area contributed by atoms with E-state index in [-0.39, 0.29) is 5.56 Å². The van der Waals surface area contributed by atoms with Gasteiger partial charge in [0.2, 0.25) is 5.91 Å². The van der Waals surface area contributed by atoms with Crippen LogP contribution in [0.5, 0.6) is 5.75 Å². The van der Waals surface area contributed by atoms with Gasteiger partial charge in [-0.15, -0.1) is 0 Å². The molecule has 7 heteroatoms. The number of rotatable bonds is 6. The van der Waals surface area contributed by atoms with Crippen LogP contribution in [-0.2, 0) is 4.79 Å². The lowest BCUT2D eigenvalue weighted by Crippen LogP contribution is -2.26. The molecule has 1 heterocycles. The summed E-state index contributed by atoms with van der Waals surface area (Å²) in [6.07, 6.45) is 0. The van der Waals surface area contributed by atoms with Crippen LogP contribution in [0.3, 0.4) is 0 Å². The van der Waals surface area contributed by atoms with Gasteiger partial charge in [-0.1, -0.05) is 23.9 Å². The summed E-state index contributed by atoms with van der Waals surface area (Å²) in [5, 5.41) is 0.415. The SMILES string of the molecule is CCOc1ccc(-n2c(S[C@H](C)C(N)=O)nc3ccccc3c2=O)cc1. The van der Waals surface area contributed by atoms with Crippen LogP contribution in [0.15, 0.2) is 58.5 Å². The molecule has 0 aliphatic heterocycles. The van der Waals surface area contributed by atoms with Crippen molar-refractivity contribution in [2.45, 2.75) is 24.3 Å². The fourth-order valence-corrected chi connectivity index (χ4v) is 3.37. The lowest BCUT2D eigenvalue weighted by molar-refractivity contribution is -0.117. The van der Waals surface area contributed by atoms with E-state index in [0.29, 0.717) is 28.4 Å². The molecule has 0 unspecified atom stereocenters. The lowest BCUT2D eigenvalue weighted by Gasteiger charge is -2.15. The molecular weight excluding hydrogens is 350 g/mol. The first-order chi connectivity index (χ1) is 12.5. The van der Waals surface area contributed by atoms with Gasteiger partial charge in [0.15, 0.2) is 5.16 Å². The maximum atomic E-state index is 13.1. The molecule has 0 bridgehead atoms. The number of hydrogen-bond donors (Lipinski definition) is 1. The largest absolute Gasteiger partial charge is 0.494 e. The van der Waals surface area contributed by atoms with Crippen molar-refractivity contribution in [1.82, 2.24) is 9.55 Å². The Bertz CT molecular complexity index is 999. The summed E-state index contributed by atoms with van der Waals surface area (Å²) >= 11 is 1.16. The van der Waals surface area contributed by atoms with Gasteiger partial charge in [-0.05, 0) is 50.2 Å². The van der Waals surface area contributed by atoms with Gasteiger partial charge in [0.1, 0.15) is 5.75 Å². The van der Waals surface area contributed by atoms with E-state index in [2.05, 4.69) is 4.98 Å². The third-order valence-corrected chi connectivity index (χ3v) is 4.90. The number of hydrogen-bond acceptors (Lipinski definition) is 5. The molecule has 0 aliphatic carbocycles. The van der Waals surface area contributed by atoms with Gasteiger partial charge in [-0.2, -0.15) is 0 Å². The molecule has 1 atom stereocenters. The number of primary amides is 1. The molecule has 0 spiro atoms. The Morgan fingerprint density at radius 2 is 1.92 bits per heavy atom. The van der Waals surface area contributed by atoms with Gasteiger partial charge in [-0.25, -0.2) is 4.98 Å². The van der Waals surface area contributed by atoms with Gasteiger partial charge in [0.25, 0.3) is 5.56 Å². The molecule has 0 saturated carbocycles. The molecule has 1 aromatic heterocycles. The first-order valence-corrected chi connectivity index (χ1v) is 9.10. The number of para-hydroxylation sites is 1. The molecule has 2 N–H and O–H groups in total. The van der Waals surface area contributed by atoms with Crippen LogP contribution in [0.4, 0.5) is 0 Å². The van der Waals surface area contributed by atoms with Crippen LogP contribution in [0.25, 0.3) is 16.6 Å². The quantitative estimate of drug-likeness (QED) is 0.533. The minimum absolute atomic E-state index is 0.195. The summed E-state index contributed by atoms with van der Waals surface area (Å²) in [6.45, 7) is 4.16. The van der Waals surface area contributed by atoms with Crippen molar-refractivity contribution in [2.75, 3.05) is 6.61 Å². The fourth-order valence-electron chi connectivity index (χ4n) is 2.49. The average molecular weight is 369 g/mol. The number of nitrogens with two attached hydrogens (primary N) is 1. The number of thioether (sulfide) groups is 1. The zero-order valence-corrected chi connectivity index (χ0v) is 15.3. The maximum absolute atomic E-state index is 13.1. The highest BCUT2D eigenvalue weighted by Crippen LogP contribution is 2.25. The van der Waals surface area contributed by atoms with E-state index in [1.165, 1.54) is 4.57 Å². The Morgan fingerprint density at radius 3 is 2.58 bits per heavy atom. The van der Waals surface area contributed by atoms with Crippen LogP contribution in [-0.4, -0.2) is 27.3 Å². The number of fused-ring (bicyclic) bond motifs is 1. The number of carbonyl (C=O) groups excluding carboxylic acids is 1. The molecule has 1 amide bonds. The van der Waals surface area contributed by atoms with Crippen LogP contribution in [0, 0.1) is 0 Å². The predicted molar refractivity (Wildman–Crippen MR) is 103 cm³/mol. The van der Waals surface area contributed by atoms with Crippen LogP contribution < -0.4 is 16.0 Å². The highest BCUT2D eigenvalue weighted by atomic mass is 32.2. The van der Waals surface area contributed by atoms with Crippen molar-refractivity contribution in [2.24, 2.45) is 5.73 Å². The molecule has 3 rings (SSSR count). The average Bonchev–Trinajstić information content (AvgIpc) is 2.63. The minimum Gasteiger partial charge on any atom is -0.494 e. The Balaban J connectivity index is 2.18. The second kappa shape index (κ2) is 7.61. The monoisotopic (exact) mass is 369 g/mol. The molecule has 26 heavy (non-hydrogen) atoms. The standard InChI is InChI=1S/C19H19N3O3S/c1-3-25-14-10-8-13(9-11-14)22-18(24)15-6-4-5-7-16(15)21-19(22)26-12(2)17(20)23/h4-12H,3H2,1-2H3,(H2,20,23)/t12-/m1/s1. The first-order valence-electron chi connectivity index (χ1n) is 8.22. The second-order valence-corrected chi connectivity index (χ2v) is 6.95. The molecule has 0 fully saturated rings. The molecule has 134 valence electrons. The Hall–Kier alpha value is -2.80. The van der Waals surface area contributed by atoms with Gasteiger partial charge < -0.3 is 10.5 Å². The summed E-state index contributed by atoms with van der Waals surface area (Å²) in [6, 6.07) is 14.3. The number of nitrogens with zero attached hydrogens (tertiary/aromatic N) is 2. The summed E-state index contributed by atoms with van der Waals surface area (Å²) in [5.41, 5.74) is 6.42. The zero-order chi connectivity index (χ0) is 18.7. The molecule has 0 aliphatic rings. The normalized spacial score (nSPS) is 12.1. The summed E-state index contributed by atoms with van der Waals surface area (Å²) in [4.78, 5) is 29.1. The molecule has 0 saturated heterocycles. The zero-order valence-electron chi connectivity index (χ0n) is 14.5. The van der Waals surface area contributed by atoms with Crippen molar-refractivity contribution < 1.29 is 9.53 Å². The summed E-state index contributed by atoms with van der Waals surface area (Å²) in [5.74, 6) is 0.258. The lowest BCUT2D eigenvalue weighted by atomic mass is 10.2. The predicted octanol–water partition coefficient (Wildman–Crippen LogP) is 2.75. The molecule has 3 aromatic rings. The number of benzene rings is 2. The Labute approximate surface area is 155 Å². The fraction of sp³-hybridized carbons (Fsp3) is 0.211. The number of ether oxygens (including phenoxy) is 1. The topological polar surface area (TPSA) is 87.2 Å². The third kappa shape index (κ3) is 3.57. The van der Waals surface area contributed by atoms with Gasteiger partial charge in [0, 0.05) is 0 Å². The van der Waals surface area contributed by atoms with E-state index in [0.717, 1.165) is 17.5 Å². The Kier molecular flexibility index (Phi) is 5.27. The van der Waals surface area contributed by atoms with E-state index in [1.54, 1.807) is 49.4 Å². The van der Waals surface area contributed by atoms with Gasteiger partial charge >= 0.3 is 0 Å². The van der Waals surface area contributed by atoms with E-state index < -0.39 is 11.2 Å². The summed E-state index contributed by atoms with van der Waals surface area (Å²) in [7, 11) is 0. The van der Waals surface area contributed by atoms with Gasteiger partial charge in [-0.3, -0.25) is 14.2 Å². The van der Waals surface area contributed by atoms with Crippen molar-refractivity contribution in [1.29, 1.82) is 0 Å². The van der Waals surface area contributed by atoms with Crippen molar-refractivity contribution in [3.8, 4) is 11.4 Å². The third-order valence-electron chi connectivity index (χ3n) is 3.83. The van der Waals surface area contributed by atoms with E-state index >= 15 is 0 Å². The van der Waals surface area contributed by atoms with Crippen molar-refractivity contribution in [3.05, 3.63) is 58.9 Å². The molecule has 0 radical (unpaired) electrons. The highest BCUT2D eigenvalue weighted by molar-refractivity contribution is 8.00. The molecular formula is C19H19N3O3S. The first kappa shape index (κ1) is 18.0. The molecule has 2 aromatic carbocycles. The number of carbonyl (C=O) groups is 1. The van der Waals surface area contributed by atoms with E-state index in [1.807, 2.05) is 13.0 Å². The number of aromatic nitrogens is 2. The smallest absolute Gasteiger partial charge is 0.266 e. The number of amides is 1. The minimum atomic E-state index is -0.517. The maximum Gasteiger partial charge on any atom is 0.266 e. The van der Waals surface area contributed by atoms with Crippen LogP contribution >= 0.6 is 11.8 Å². The second-order valence-electron chi connectivity index (χ2n) is 5.64. The summed E-state index contributed by atoms with van der Waals surface area (Å²) < 4.78 is 6.96. The molecule has 6 nitrogen and oxygen atoms in total. The van der Waals surface area contributed by atoms with Gasteiger partial charge in [0.05, 0.1) is 28.4 Å². The van der Waals surface area contributed by atoms with Crippen LogP contribution in [0.2, 0.25) is 0 Å². The highest BCUT2D eigenvalue weighted by Gasteiger charge is 2.18. The Morgan fingerprint density at radius 1 is 1.23 bits per heavy atom. The van der Waals surface area contributed by atoms with E-state index in [4.69, 9.17) is 10.5 Å². The van der Waals surface area contributed by atoms with E-state index in [9.17, 15) is 9.59 Å². The van der Waals surface area contributed by atoms with Crippen LogP contribution in [0.1, 0.15) is 13.8 Å².